The zero-order valence-corrected chi connectivity index (χ0v) is 11.6. The van der Waals surface area contributed by atoms with Crippen molar-refractivity contribution in [1.29, 1.82) is 0 Å². The average Bonchev–Trinajstić information content (AvgIpc) is 2.92. The third kappa shape index (κ3) is 3.43. The van der Waals surface area contributed by atoms with Crippen LogP contribution in [0.2, 0.25) is 0 Å². The summed E-state index contributed by atoms with van der Waals surface area (Å²) in [6, 6.07) is 4.67. The lowest BCUT2D eigenvalue weighted by atomic mass is 9.96. The van der Waals surface area contributed by atoms with Crippen LogP contribution in [0, 0.1) is 11.8 Å². The number of likely N-dealkylation sites (tertiary alicyclic amines) is 1. The first-order valence-corrected chi connectivity index (χ1v) is 6.53. The van der Waals surface area contributed by atoms with Crippen molar-refractivity contribution in [2.75, 3.05) is 13.1 Å². The van der Waals surface area contributed by atoms with Crippen molar-refractivity contribution in [3.8, 4) is 0 Å². The Labute approximate surface area is 128 Å². The highest BCUT2D eigenvalue weighted by atomic mass is 19.4. The summed E-state index contributed by atoms with van der Waals surface area (Å²) in [6.07, 6.45) is -4.72. The molecule has 1 aromatic rings. The number of carboxylic acids is 2. The Kier molecular flexibility index (Phi) is 4.31. The first-order valence-electron chi connectivity index (χ1n) is 6.53. The number of carbonyl (C=O) groups is 3. The van der Waals surface area contributed by atoms with Crippen LogP contribution < -0.4 is 0 Å². The minimum absolute atomic E-state index is 0.00182. The van der Waals surface area contributed by atoms with Crippen LogP contribution in [0.5, 0.6) is 0 Å². The number of alkyl halides is 3. The van der Waals surface area contributed by atoms with E-state index in [4.69, 9.17) is 10.2 Å². The maximum Gasteiger partial charge on any atom is 0.394 e. The molecule has 0 saturated carbocycles. The molecule has 1 fully saturated rings. The molecule has 1 amide bonds. The highest BCUT2D eigenvalue weighted by molar-refractivity contribution is 5.96. The molecular weight excluding hydrogens is 319 g/mol. The van der Waals surface area contributed by atoms with Crippen molar-refractivity contribution < 1.29 is 37.8 Å². The molecule has 1 aliphatic heterocycles. The Morgan fingerprint density at radius 3 is 1.91 bits per heavy atom. The summed E-state index contributed by atoms with van der Waals surface area (Å²) in [5.74, 6) is -7.41. The maximum atomic E-state index is 12.9. The summed E-state index contributed by atoms with van der Waals surface area (Å²) in [6.45, 7) is -1.28. The second-order valence-corrected chi connectivity index (χ2v) is 5.19. The molecule has 2 N–H and O–H groups in total. The predicted octanol–water partition coefficient (Wildman–Crippen LogP) is 1.72. The molecule has 0 bridgehead atoms. The molecular formula is C14H12F3NO5. The fourth-order valence-corrected chi connectivity index (χ4v) is 2.49. The van der Waals surface area contributed by atoms with Crippen molar-refractivity contribution in [3.63, 3.8) is 0 Å². The van der Waals surface area contributed by atoms with Crippen LogP contribution in [0.15, 0.2) is 24.3 Å². The van der Waals surface area contributed by atoms with Crippen molar-refractivity contribution in [1.82, 2.24) is 4.90 Å². The van der Waals surface area contributed by atoms with Gasteiger partial charge in [-0.15, -0.1) is 0 Å². The van der Waals surface area contributed by atoms with Gasteiger partial charge in [0, 0.05) is 18.7 Å². The number of hydrogen-bond donors (Lipinski definition) is 2. The SMILES string of the molecule is O=C(O)c1ccc(C(=O)N2C[C@@H](C(F)(F)F)[C@H](C(=O)O)C2)cc1. The lowest BCUT2D eigenvalue weighted by Crippen LogP contribution is -2.34. The van der Waals surface area contributed by atoms with Crippen molar-refractivity contribution in [2.45, 2.75) is 6.18 Å². The Morgan fingerprint density at radius 2 is 1.52 bits per heavy atom. The molecule has 0 radical (unpaired) electrons. The van der Waals surface area contributed by atoms with Gasteiger partial charge >= 0.3 is 18.1 Å². The van der Waals surface area contributed by atoms with E-state index < -0.39 is 48.9 Å². The van der Waals surface area contributed by atoms with Gasteiger partial charge in [0.25, 0.3) is 5.91 Å². The summed E-state index contributed by atoms with van der Waals surface area (Å²) in [5.41, 5.74) is -0.0680. The van der Waals surface area contributed by atoms with Gasteiger partial charge in [0.2, 0.25) is 0 Å². The van der Waals surface area contributed by atoms with Gasteiger partial charge in [-0.1, -0.05) is 0 Å². The molecule has 0 aliphatic carbocycles. The number of halogens is 3. The number of amides is 1. The molecule has 9 heteroatoms. The van der Waals surface area contributed by atoms with E-state index in [2.05, 4.69) is 0 Å². The molecule has 124 valence electrons. The maximum absolute atomic E-state index is 12.9. The predicted molar refractivity (Wildman–Crippen MR) is 70.0 cm³/mol. The van der Waals surface area contributed by atoms with Crippen LogP contribution in [-0.2, 0) is 4.79 Å². The highest BCUT2D eigenvalue weighted by Gasteiger charge is 2.53. The van der Waals surface area contributed by atoms with Gasteiger partial charge < -0.3 is 15.1 Å². The first kappa shape index (κ1) is 16.8. The number of hydrogen-bond acceptors (Lipinski definition) is 3. The number of aliphatic carboxylic acids is 1. The van der Waals surface area contributed by atoms with E-state index in [1.807, 2.05) is 0 Å². The number of benzene rings is 1. The second kappa shape index (κ2) is 5.90. The molecule has 2 atom stereocenters. The smallest absolute Gasteiger partial charge is 0.394 e. The van der Waals surface area contributed by atoms with Gasteiger partial charge in [-0.3, -0.25) is 9.59 Å². The third-order valence-electron chi connectivity index (χ3n) is 3.72. The van der Waals surface area contributed by atoms with E-state index >= 15 is 0 Å². The number of rotatable bonds is 3. The molecule has 6 nitrogen and oxygen atoms in total. The second-order valence-electron chi connectivity index (χ2n) is 5.19. The molecule has 0 unspecified atom stereocenters. The van der Waals surface area contributed by atoms with Crippen LogP contribution >= 0.6 is 0 Å². The van der Waals surface area contributed by atoms with Crippen LogP contribution in [0.1, 0.15) is 20.7 Å². The van der Waals surface area contributed by atoms with E-state index in [0.29, 0.717) is 0 Å². The largest absolute Gasteiger partial charge is 0.481 e. The number of nitrogens with zero attached hydrogens (tertiary/aromatic N) is 1. The van der Waals surface area contributed by atoms with Crippen molar-refractivity contribution in [3.05, 3.63) is 35.4 Å². The van der Waals surface area contributed by atoms with E-state index in [0.717, 1.165) is 17.0 Å². The molecule has 1 heterocycles. The molecule has 2 rings (SSSR count). The van der Waals surface area contributed by atoms with E-state index in [1.54, 1.807) is 0 Å². The van der Waals surface area contributed by atoms with E-state index in [-0.39, 0.29) is 11.1 Å². The fourth-order valence-electron chi connectivity index (χ4n) is 2.49. The zero-order chi connectivity index (χ0) is 17.4. The summed E-state index contributed by atoms with van der Waals surface area (Å²) < 4.78 is 38.7. The van der Waals surface area contributed by atoms with Crippen molar-refractivity contribution in [2.24, 2.45) is 11.8 Å². The van der Waals surface area contributed by atoms with Crippen molar-refractivity contribution >= 4 is 17.8 Å². The average molecular weight is 331 g/mol. The fraction of sp³-hybridized carbons (Fsp3) is 0.357. The number of aromatic carboxylic acids is 1. The van der Waals surface area contributed by atoms with Crippen LogP contribution in [0.4, 0.5) is 13.2 Å². The van der Waals surface area contributed by atoms with Gasteiger partial charge in [-0.2, -0.15) is 13.2 Å². The summed E-state index contributed by atoms with van der Waals surface area (Å²) in [4.78, 5) is 34.7. The van der Waals surface area contributed by atoms with Gasteiger partial charge in [-0.25, -0.2) is 4.79 Å². The first-order chi connectivity index (χ1) is 10.6. The third-order valence-corrected chi connectivity index (χ3v) is 3.72. The summed E-state index contributed by atoms with van der Waals surface area (Å²) in [5, 5.41) is 17.7. The molecule has 1 aromatic carbocycles. The summed E-state index contributed by atoms with van der Waals surface area (Å²) >= 11 is 0. The lowest BCUT2D eigenvalue weighted by Gasteiger charge is -2.18. The Hall–Kier alpha value is -2.58. The standard InChI is InChI=1S/C14H12F3NO5/c15-14(16,17)10-6-18(5-9(10)13(22)23)11(19)7-1-3-8(4-2-7)12(20)21/h1-4,9-10H,5-6H2,(H,20,21)(H,22,23)/t9-,10-/m1/s1. The number of carbonyl (C=O) groups excluding carboxylic acids is 1. The van der Waals surface area contributed by atoms with Gasteiger partial charge in [0.15, 0.2) is 0 Å². The monoisotopic (exact) mass is 331 g/mol. The zero-order valence-electron chi connectivity index (χ0n) is 11.6. The number of carboxylic acid groups (broad SMARTS) is 2. The van der Waals surface area contributed by atoms with Crippen LogP contribution in [0.25, 0.3) is 0 Å². The van der Waals surface area contributed by atoms with Gasteiger partial charge in [0.05, 0.1) is 17.4 Å². The highest BCUT2D eigenvalue weighted by Crippen LogP contribution is 2.38. The quantitative estimate of drug-likeness (QED) is 0.879. The normalized spacial score (nSPS) is 21.3. The minimum atomic E-state index is -4.72. The Bertz CT molecular complexity index is 641. The van der Waals surface area contributed by atoms with Crippen LogP contribution in [0.3, 0.4) is 0 Å². The van der Waals surface area contributed by atoms with E-state index in [1.165, 1.54) is 12.1 Å². The lowest BCUT2D eigenvalue weighted by molar-refractivity contribution is -0.187. The van der Waals surface area contributed by atoms with Gasteiger partial charge in [-0.05, 0) is 24.3 Å². The summed E-state index contributed by atoms with van der Waals surface area (Å²) in [7, 11) is 0. The van der Waals surface area contributed by atoms with E-state index in [9.17, 15) is 27.6 Å². The molecule has 23 heavy (non-hydrogen) atoms. The van der Waals surface area contributed by atoms with Gasteiger partial charge in [0.1, 0.15) is 0 Å². The van der Waals surface area contributed by atoms with Crippen LogP contribution in [-0.4, -0.2) is 52.2 Å². The molecule has 1 aliphatic rings. The Balaban J connectivity index is 2.20. The molecule has 0 aromatic heterocycles. The molecule has 0 spiro atoms. The minimum Gasteiger partial charge on any atom is -0.481 e. The topological polar surface area (TPSA) is 94.9 Å². The Morgan fingerprint density at radius 1 is 1.00 bits per heavy atom. The molecule has 1 saturated heterocycles.